The predicted octanol–water partition coefficient (Wildman–Crippen LogP) is 2.89. The van der Waals surface area contributed by atoms with Crippen LogP contribution in [0.3, 0.4) is 0 Å². The molecule has 0 saturated heterocycles. The third kappa shape index (κ3) is 6.27. The van der Waals surface area contributed by atoms with Crippen molar-refractivity contribution in [2.45, 2.75) is 19.8 Å². The van der Waals surface area contributed by atoms with Crippen LogP contribution in [0.1, 0.15) is 24.5 Å². The minimum absolute atomic E-state index is 0.213. The molecule has 0 atom stereocenters. The molecule has 1 heterocycles. The number of benzene rings is 2. The van der Waals surface area contributed by atoms with E-state index in [0.717, 1.165) is 36.8 Å². The molecule has 6 nitrogen and oxygen atoms in total. The van der Waals surface area contributed by atoms with Gasteiger partial charge in [-0.2, -0.15) is 0 Å². The van der Waals surface area contributed by atoms with E-state index in [2.05, 4.69) is 57.3 Å². The molecule has 150 valence electrons. The summed E-state index contributed by atoms with van der Waals surface area (Å²) in [6.07, 6.45) is 1.49. The molecular formula is C21H28N4O2S. The van der Waals surface area contributed by atoms with Crippen molar-refractivity contribution in [3.8, 4) is 0 Å². The highest BCUT2D eigenvalue weighted by atomic mass is 32.2. The standard InChI is InChI=1S/C21H28N4O2S/c1-2-28(26,27)15-3-12-22-19-8-4-17(5-9-19)16-18-6-10-20(11-7-18)25-21-23-13-14-24-21/h4-11,22H,2-3,12-16H2,1H3,(H2,23,24,25). The van der Waals surface area contributed by atoms with Crippen LogP contribution in [0.5, 0.6) is 0 Å². The number of nitrogens with zero attached hydrogens (tertiary/aromatic N) is 1. The normalized spacial score (nSPS) is 13.7. The van der Waals surface area contributed by atoms with Gasteiger partial charge in [-0.05, 0) is 48.2 Å². The summed E-state index contributed by atoms with van der Waals surface area (Å²) in [6.45, 7) is 4.06. The van der Waals surface area contributed by atoms with Gasteiger partial charge in [-0.15, -0.1) is 0 Å². The van der Waals surface area contributed by atoms with E-state index in [1.807, 2.05) is 12.1 Å². The van der Waals surface area contributed by atoms with Crippen molar-refractivity contribution < 1.29 is 8.42 Å². The SMILES string of the molecule is CCS(=O)(=O)CCCNc1ccc(Cc2ccc(NC3=NCCN3)cc2)cc1. The van der Waals surface area contributed by atoms with E-state index >= 15 is 0 Å². The highest BCUT2D eigenvalue weighted by Gasteiger charge is 2.06. The molecule has 0 spiro atoms. The van der Waals surface area contributed by atoms with E-state index in [-0.39, 0.29) is 11.5 Å². The van der Waals surface area contributed by atoms with Crippen LogP contribution in [0.2, 0.25) is 0 Å². The highest BCUT2D eigenvalue weighted by Crippen LogP contribution is 2.16. The van der Waals surface area contributed by atoms with E-state index in [4.69, 9.17) is 0 Å². The Morgan fingerprint density at radius 1 is 1.00 bits per heavy atom. The Kier molecular flexibility index (Phi) is 6.92. The second kappa shape index (κ2) is 9.59. The summed E-state index contributed by atoms with van der Waals surface area (Å²) in [5, 5.41) is 9.75. The lowest BCUT2D eigenvalue weighted by Crippen LogP contribution is -2.26. The molecule has 0 radical (unpaired) electrons. The van der Waals surface area contributed by atoms with Crippen molar-refractivity contribution in [2.75, 3.05) is 41.8 Å². The molecule has 7 heteroatoms. The predicted molar refractivity (Wildman–Crippen MR) is 117 cm³/mol. The third-order valence-corrected chi connectivity index (χ3v) is 6.44. The highest BCUT2D eigenvalue weighted by molar-refractivity contribution is 7.91. The second-order valence-corrected chi connectivity index (χ2v) is 9.34. The van der Waals surface area contributed by atoms with Gasteiger partial charge >= 0.3 is 0 Å². The van der Waals surface area contributed by atoms with E-state index in [9.17, 15) is 8.42 Å². The molecule has 0 aliphatic carbocycles. The molecule has 0 bridgehead atoms. The Labute approximate surface area is 167 Å². The summed E-state index contributed by atoms with van der Waals surface area (Å²) < 4.78 is 23.0. The van der Waals surface area contributed by atoms with Gasteiger partial charge in [0.15, 0.2) is 5.96 Å². The zero-order chi connectivity index (χ0) is 19.8. The monoisotopic (exact) mass is 400 g/mol. The molecule has 1 aliphatic rings. The molecule has 28 heavy (non-hydrogen) atoms. The number of sulfone groups is 1. The van der Waals surface area contributed by atoms with Crippen molar-refractivity contribution in [3.63, 3.8) is 0 Å². The van der Waals surface area contributed by atoms with Crippen molar-refractivity contribution in [1.82, 2.24) is 5.32 Å². The van der Waals surface area contributed by atoms with E-state index in [1.165, 1.54) is 11.1 Å². The van der Waals surface area contributed by atoms with Gasteiger partial charge in [0, 0.05) is 30.2 Å². The van der Waals surface area contributed by atoms with Gasteiger partial charge in [0.2, 0.25) is 0 Å². The van der Waals surface area contributed by atoms with Crippen LogP contribution in [0, 0.1) is 0 Å². The quantitative estimate of drug-likeness (QED) is 0.564. The molecule has 3 rings (SSSR count). The lowest BCUT2D eigenvalue weighted by Gasteiger charge is -2.09. The second-order valence-electron chi connectivity index (χ2n) is 6.87. The minimum atomic E-state index is -2.88. The fraction of sp³-hybridized carbons (Fsp3) is 0.381. The van der Waals surface area contributed by atoms with Crippen LogP contribution >= 0.6 is 0 Å². The number of hydrogen-bond acceptors (Lipinski definition) is 6. The number of rotatable bonds is 9. The fourth-order valence-electron chi connectivity index (χ4n) is 2.97. The van der Waals surface area contributed by atoms with Crippen molar-refractivity contribution in [1.29, 1.82) is 0 Å². The Morgan fingerprint density at radius 3 is 2.21 bits per heavy atom. The first-order valence-corrected chi connectivity index (χ1v) is 11.5. The van der Waals surface area contributed by atoms with Crippen LogP contribution in [-0.2, 0) is 16.3 Å². The van der Waals surface area contributed by atoms with Gasteiger partial charge in [0.1, 0.15) is 9.84 Å². The smallest absolute Gasteiger partial charge is 0.195 e. The maximum atomic E-state index is 11.5. The zero-order valence-electron chi connectivity index (χ0n) is 16.2. The molecule has 2 aromatic carbocycles. The first kappa shape index (κ1) is 20.2. The van der Waals surface area contributed by atoms with Crippen molar-refractivity contribution in [2.24, 2.45) is 4.99 Å². The van der Waals surface area contributed by atoms with Crippen LogP contribution in [-0.4, -0.2) is 45.5 Å². The maximum Gasteiger partial charge on any atom is 0.195 e. The first-order valence-electron chi connectivity index (χ1n) is 9.71. The molecule has 3 N–H and O–H groups in total. The zero-order valence-corrected chi connectivity index (χ0v) is 17.1. The molecule has 1 aliphatic heterocycles. The third-order valence-electron chi connectivity index (χ3n) is 4.65. The Hall–Kier alpha value is -2.54. The lowest BCUT2D eigenvalue weighted by molar-refractivity contribution is 0.595. The Balaban J connectivity index is 1.46. The summed E-state index contributed by atoms with van der Waals surface area (Å²) in [7, 11) is -2.88. The van der Waals surface area contributed by atoms with Crippen molar-refractivity contribution in [3.05, 3.63) is 59.7 Å². The van der Waals surface area contributed by atoms with Gasteiger partial charge in [-0.25, -0.2) is 8.42 Å². The molecule has 2 aromatic rings. The van der Waals surface area contributed by atoms with Gasteiger partial charge in [0.25, 0.3) is 0 Å². The number of anilines is 2. The summed E-state index contributed by atoms with van der Waals surface area (Å²) >= 11 is 0. The van der Waals surface area contributed by atoms with E-state index < -0.39 is 9.84 Å². The Bertz CT molecular complexity index is 891. The van der Waals surface area contributed by atoms with Crippen LogP contribution in [0.15, 0.2) is 53.5 Å². The lowest BCUT2D eigenvalue weighted by atomic mass is 10.0. The van der Waals surface area contributed by atoms with E-state index in [0.29, 0.717) is 13.0 Å². The Morgan fingerprint density at radius 2 is 1.64 bits per heavy atom. The average Bonchev–Trinajstić information content (AvgIpc) is 3.21. The van der Waals surface area contributed by atoms with Gasteiger partial charge in [0.05, 0.1) is 12.3 Å². The topological polar surface area (TPSA) is 82.6 Å². The van der Waals surface area contributed by atoms with Crippen molar-refractivity contribution >= 4 is 27.2 Å². The summed E-state index contributed by atoms with van der Waals surface area (Å²) in [4.78, 5) is 4.33. The molecule has 0 fully saturated rings. The fourth-order valence-corrected chi connectivity index (χ4v) is 3.84. The molecule has 0 aromatic heterocycles. The number of aliphatic imine (C=N–C) groups is 1. The number of guanidine groups is 1. The summed E-state index contributed by atoms with van der Waals surface area (Å²) in [5.74, 6) is 1.29. The molecular weight excluding hydrogens is 372 g/mol. The molecule has 0 unspecified atom stereocenters. The van der Waals surface area contributed by atoms with Crippen LogP contribution < -0.4 is 16.0 Å². The number of hydrogen-bond donors (Lipinski definition) is 3. The average molecular weight is 401 g/mol. The van der Waals surface area contributed by atoms with Gasteiger partial charge < -0.3 is 16.0 Å². The van der Waals surface area contributed by atoms with Crippen LogP contribution in [0.4, 0.5) is 11.4 Å². The van der Waals surface area contributed by atoms with E-state index in [1.54, 1.807) is 6.92 Å². The summed E-state index contributed by atoms with van der Waals surface area (Å²) in [6, 6.07) is 16.7. The van der Waals surface area contributed by atoms with Gasteiger partial charge in [-0.3, -0.25) is 4.99 Å². The maximum absolute atomic E-state index is 11.5. The largest absolute Gasteiger partial charge is 0.385 e. The summed E-state index contributed by atoms with van der Waals surface area (Å²) in [5.41, 5.74) is 4.53. The van der Waals surface area contributed by atoms with Gasteiger partial charge in [-0.1, -0.05) is 31.2 Å². The first-order chi connectivity index (χ1) is 13.5. The molecule has 0 amide bonds. The molecule has 0 saturated carbocycles. The minimum Gasteiger partial charge on any atom is -0.385 e. The number of nitrogens with one attached hydrogen (secondary N) is 3. The van der Waals surface area contributed by atoms with Crippen LogP contribution in [0.25, 0.3) is 0 Å².